The van der Waals surface area contributed by atoms with E-state index in [9.17, 15) is 5.11 Å². The minimum Gasteiger partial charge on any atom is -0.384 e. The molecule has 0 amide bonds. The molecule has 0 saturated carbocycles. The van der Waals surface area contributed by atoms with Crippen molar-refractivity contribution in [2.24, 2.45) is 0 Å². The van der Waals surface area contributed by atoms with Crippen molar-refractivity contribution in [3.05, 3.63) is 56.2 Å². The van der Waals surface area contributed by atoms with E-state index in [0.29, 0.717) is 10.0 Å². The van der Waals surface area contributed by atoms with Crippen LogP contribution in [0.3, 0.4) is 0 Å². The summed E-state index contributed by atoms with van der Waals surface area (Å²) in [5.41, 5.74) is 1.63. The van der Waals surface area contributed by atoms with Crippen molar-refractivity contribution < 1.29 is 5.11 Å². The summed E-state index contributed by atoms with van der Waals surface area (Å²) in [7, 11) is 0. The predicted molar refractivity (Wildman–Crippen MR) is 64.8 cm³/mol. The highest BCUT2D eigenvalue weighted by molar-refractivity contribution is 7.07. The summed E-state index contributed by atoms with van der Waals surface area (Å²) in [5, 5.41) is 14.8. The van der Waals surface area contributed by atoms with E-state index in [0.717, 1.165) is 11.1 Å². The van der Waals surface area contributed by atoms with Gasteiger partial charge in [-0.05, 0) is 40.1 Å². The summed E-state index contributed by atoms with van der Waals surface area (Å²) >= 11 is 13.2. The Labute approximate surface area is 102 Å². The minimum atomic E-state index is -0.633. The second-order valence-electron chi connectivity index (χ2n) is 3.13. The van der Waals surface area contributed by atoms with Crippen LogP contribution in [-0.4, -0.2) is 5.11 Å². The van der Waals surface area contributed by atoms with Crippen molar-refractivity contribution in [3.63, 3.8) is 0 Å². The summed E-state index contributed by atoms with van der Waals surface area (Å²) in [6.07, 6.45) is -0.633. The van der Waals surface area contributed by atoms with Crippen LogP contribution in [0.5, 0.6) is 0 Å². The van der Waals surface area contributed by atoms with Gasteiger partial charge in [0, 0.05) is 0 Å². The van der Waals surface area contributed by atoms with Gasteiger partial charge < -0.3 is 5.11 Å². The first-order chi connectivity index (χ1) is 7.18. The predicted octanol–water partition coefficient (Wildman–Crippen LogP) is 4.14. The number of aliphatic hydroxyl groups is 1. The van der Waals surface area contributed by atoms with Crippen molar-refractivity contribution in [1.82, 2.24) is 0 Å². The third kappa shape index (κ3) is 2.34. The van der Waals surface area contributed by atoms with Gasteiger partial charge in [-0.3, -0.25) is 0 Å². The molecular formula is C11H8Cl2OS. The fourth-order valence-corrected chi connectivity index (χ4v) is 2.29. The summed E-state index contributed by atoms with van der Waals surface area (Å²) in [6.45, 7) is 0. The molecule has 0 aliphatic rings. The maximum absolute atomic E-state index is 10.0. The number of rotatable bonds is 2. The third-order valence-electron chi connectivity index (χ3n) is 2.12. The van der Waals surface area contributed by atoms with Crippen LogP contribution in [0.1, 0.15) is 17.2 Å². The average Bonchev–Trinajstić information content (AvgIpc) is 2.74. The molecule has 1 atom stereocenters. The van der Waals surface area contributed by atoms with Gasteiger partial charge >= 0.3 is 0 Å². The van der Waals surface area contributed by atoms with Gasteiger partial charge in [-0.25, -0.2) is 0 Å². The number of hydrogen-bond acceptors (Lipinski definition) is 2. The molecule has 78 valence electrons. The molecule has 1 aromatic carbocycles. The van der Waals surface area contributed by atoms with Gasteiger partial charge in [-0.2, -0.15) is 11.3 Å². The van der Waals surface area contributed by atoms with E-state index in [1.807, 2.05) is 16.8 Å². The molecule has 4 heteroatoms. The topological polar surface area (TPSA) is 20.2 Å². The lowest BCUT2D eigenvalue weighted by Crippen LogP contribution is -1.97. The number of aliphatic hydroxyl groups excluding tert-OH is 1. The summed E-state index contributed by atoms with van der Waals surface area (Å²) < 4.78 is 0. The quantitative estimate of drug-likeness (QED) is 0.859. The molecule has 2 rings (SSSR count). The molecule has 0 fully saturated rings. The highest BCUT2D eigenvalue weighted by Crippen LogP contribution is 2.29. The molecule has 0 bridgehead atoms. The van der Waals surface area contributed by atoms with Gasteiger partial charge in [0.05, 0.1) is 10.0 Å². The lowest BCUT2D eigenvalue weighted by Gasteiger charge is -2.09. The lowest BCUT2D eigenvalue weighted by atomic mass is 10.0. The van der Waals surface area contributed by atoms with E-state index in [1.54, 1.807) is 29.5 Å². The molecule has 0 radical (unpaired) electrons. The van der Waals surface area contributed by atoms with E-state index in [1.165, 1.54) is 0 Å². The van der Waals surface area contributed by atoms with Gasteiger partial charge in [-0.15, -0.1) is 0 Å². The molecule has 0 unspecified atom stereocenters. The van der Waals surface area contributed by atoms with E-state index < -0.39 is 6.10 Å². The molecule has 15 heavy (non-hydrogen) atoms. The molecule has 2 aromatic rings. The van der Waals surface area contributed by atoms with Crippen LogP contribution in [-0.2, 0) is 0 Å². The van der Waals surface area contributed by atoms with Gasteiger partial charge in [-0.1, -0.05) is 29.3 Å². The zero-order valence-electron chi connectivity index (χ0n) is 7.65. The summed E-state index contributed by atoms with van der Waals surface area (Å²) in [6, 6.07) is 7.04. The second-order valence-corrected chi connectivity index (χ2v) is 4.73. The Morgan fingerprint density at radius 3 is 2.47 bits per heavy atom. The number of halogens is 2. The van der Waals surface area contributed by atoms with Gasteiger partial charge in [0.15, 0.2) is 0 Å². The van der Waals surface area contributed by atoms with Crippen molar-refractivity contribution in [3.8, 4) is 0 Å². The van der Waals surface area contributed by atoms with Crippen LogP contribution in [0, 0.1) is 0 Å². The smallest absolute Gasteiger partial charge is 0.105 e. The first-order valence-electron chi connectivity index (χ1n) is 4.33. The third-order valence-corrected chi connectivity index (χ3v) is 3.56. The maximum atomic E-state index is 10.0. The number of thiophene rings is 1. The molecule has 1 nitrogen and oxygen atoms in total. The minimum absolute atomic E-state index is 0.462. The van der Waals surface area contributed by atoms with E-state index >= 15 is 0 Å². The van der Waals surface area contributed by atoms with Gasteiger partial charge in [0.1, 0.15) is 6.10 Å². The van der Waals surface area contributed by atoms with Crippen LogP contribution in [0.2, 0.25) is 10.0 Å². The van der Waals surface area contributed by atoms with Crippen LogP contribution >= 0.6 is 34.5 Å². The normalized spacial score (nSPS) is 12.7. The fraction of sp³-hybridized carbons (Fsp3) is 0.0909. The highest BCUT2D eigenvalue weighted by Gasteiger charge is 2.11. The Morgan fingerprint density at radius 2 is 1.87 bits per heavy atom. The van der Waals surface area contributed by atoms with Crippen LogP contribution in [0.15, 0.2) is 35.0 Å². The summed E-state index contributed by atoms with van der Waals surface area (Å²) in [5.74, 6) is 0. The first kappa shape index (κ1) is 11.0. The second kappa shape index (κ2) is 4.54. The zero-order valence-corrected chi connectivity index (χ0v) is 9.98. The number of hydrogen-bond donors (Lipinski definition) is 1. The molecule has 0 aliphatic carbocycles. The van der Waals surface area contributed by atoms with Crippen LogP contribution < -0.4 is 0 Å². The maximum Gasteiger partial charge on any atom is 0.105 e. The van der Waals surface area contributed by atoms with Crippen LogP contribution in [0.25, 0.3) is 0 Å². The molecule has 1 aromatic heterocycles. The van der Waals surface area contributed by atoms with E-state index in [4.69, 9.17) is 23.2 Å². The van der Waals surface area contributed by atoms with Crippen molar-refractivity contribution in [2.45, 2.75) is 6.10 Å². The molecule has 1 heterocycles. The molecule has 1 N–H and O–H groups in total. The fourth-order valence-electron chi connectivity index (χ4n) is 1.31. The largest absolute Gasteiger partial charge is 0.384 e. The van der Waals surface area contributed by atoms with E-state index in [2.05, 4.69) is 0 Å². The van der Waals surface area contributed by atoms with Crippen LogP contribution in [0.4, 0.5) is 0 Å². The SMILES string of the molecule is O[C@@H](c1ccsc1)c1ccc(Cl)c(Cl)c1. The average molecular weight is 259 g/mol. The highest BCUT2D eigenvalue weighted by atomic mass is 35.5. The zero-order chi connectivity index (χ0) is 10.8. The Morgan fingerprint density at radius 1 is 1.07 bits per heavy atom. The Balaban J connectivity index is 2.34. The summed E-state index contributed by atoms with van der Waals surface area (Å²) in [4.78, 5) is 0. The molecular weight excluding hydrogens is 251 g/mol. The Bertz CT molecular complexity index is 454. The molecule has 0 spiro atoms. The number of benzene rings is 1. The van der Waals surface area contributed by atoms with Gasteiger partial charge in [0.25, 0.3) is 0 Å². The van der Waals surface area contributed by atoms with Crippen molar-refractivity contribution in [2.75, 3.05) is 0 Å². The van der Waals surface area contributed by atoms with E-state index in [-0.39, 0.29) is 0 Å². The molecule has 0 saturated heterocycles. The lowest BCUT2D eigenvalue weighted by molar-refractivity contribution is 0.221. The standard InChI is InChI=1S/C11H8Cl2OS/c12-9-2-1-7(5-10(9)13)11(14)8-3-4-15-6-8/h1-6,11,14H/t11-/m1/s1. The Hall–Kier alpha value is -0.540. The van der Waals surface area contributed by atoms with Crippen molar-refractivity contribution in [1.29, 1.82) is 0 Å². The molecule has 0 aliphatic heterocycles. The van der Waals surface area contributed by atoms with Gasteiger partial charge in [0.2, 0.25) is 0 Å². The van der Waals surface area contributed by atoms with Crippen molar-refractivity contribution >= 4 is 34.5 Å². The Kier molecular flexibility index (Phi) is 3.32. The monoisotopic (exact) mass is 258 g/mol. The first-order valence-corrected chi connectivity index (χ1v) is 6.03.